The van der Waals surface area contributed by atoms with Crippen LogP contribution in [0.15, 0.2) is 18.3 Å². The fourth-order valence-electron chi connectivity index (χ4n) is 2.35. The maximum atomic E-state index is 5.84. The van der Waals surface area contributed by atoms with Crippen molar-refractivity contribution in [1.29, 1.82) is 0 Å². The molecule has 3 nitrogen and oxygen atoms in total. The molecule has 0 atom stereocenters. The third-order valence-electron chi connectivity index (χ3n) is 3.45. The minimum absolute atomic E-state index is 0.706. The van der Waals surface area contributed by atoms with Gasteiger partial charge in [-0.25, -0.2) is 4.98 Å². The molecule has 0 aliphatic carbocycles. The van der Waals surface area contributed by atoms with Crippen LogP contribution in [0.5, 0.6) is 0 Å². The van der Waals surface area contributed by atoms with E-state index in [1.54, 1.807) is 6.20 Å². The predicted octanol–water partition coefficient (Wildman–Crippen LogP) is 2.56. The number of nitrogens with zero attached hydrogens (tertiary/aromatic N) is 2. The molecule has 0 unspecified atom stereocenters. The van der Waals surface area contributed by atoms with E-state index < -0.39 is 0 Å². The number of hydrogen-bond donors (Lipinski definition) is 1. The smallest absolute Gasteiger partial charge is 0.128 e. The third kappa shape index (κ3) is 3.58. The van der Waals surface area contributed by atoms with Crippen molar-refractivity contribution in [3.63, 3.8) is 0 Å². The zero-order valence-corrected chi connectivity index (χ0v) is 11.1. The molecule has 0 radical (unpaired) electrons. The second kappa shape index (κ2) is 6.22. The van der Waals surface area contributed by atoms with Gasteiger partial charge in [-0.2, -0.15) is 0 Å². The van der Waals surface area contributed by atoms with E-state index >= 15 is 0 Å². The number of aromatic nitrogens is 1. The number of halogens is 1. The summed E-state index contributed by atoms with van der Waals surface area (Å²) >= 11 is 5.84. The summed E-state index contributed by atoms with van der Waals surface area (Å²) < 4.78 is 0. The van der Waals surface area contributed by atoms with Crippen LogP contribution in [-0.4, -0.2) is 31.7 Å². The van der Waals surface area contributed by atoms with E-state index in [0.717, 1.165) is 31.4 Å². The van der Waals surface area contributed by atoms with E-state index in [4.69, 9.17) is 11.6 Å². The first-order chi connectivity index (χ1) is 8.29. The molecule has 2 heterocycles. The van der Waals surface area contributed by atoms with Crippen molar-refractivity contribution in [3.05, 3.63) is 23.4 Å². The Morgan fingerprint density at radius 3 is 2.76 bits per heavy atom. The van der Waals surface area contributed by atoms with Gasteiger partial charge in [0.1, 0.15) is 5.82 Å². The van der Waals surface area contributed by atoms with Crippen molar-refractivity contribution >= 4 is 17.4 Å². The maximum absolute atomic E-state index is 5.84. The van der Waals surface area contributed by atoms with Crippen LogP contribution < -0.4 is 10.2 Å². The summed E-state index contributed by atoms with van der Waals surface area (Å²) in [5.41, 5.74) is 0. The molecule has 1 fully saturated rings. The van der Waals surface area contributed by atoms with Crippen molar-refractivity contribution in [2.24, 2.45) is 5.92 Å². The number of hydrogen-bond acceptors (Lipinski definition) is 3. The molecule has 0 aromatic carbocycles. The van der Waals surface area contributed by atoms with E-state index in [9.17, 15) is 0 Å². The second-order valence-electron chi connectivity index (χ2n) is 4.66. The summed E-state index contributed by atoms with van der Waals surface area (Å²) in [6, 6.07) is 3.92. The molecule has 1 aromatic heterocycles. The Balaban J connectivity index is 1.84. The molecule has 94 valence electrons. The Kier molecular flexibility index (Phi) is 4.63. The van der Waals surface area contributed by atoms with Gasteiger partial charge in [0.25, 0.3) is 0 Å². The van der Waals surface area contributed by atoms with Gasteiger partial charge in [0.2, 0.25) is 0 Å². The molecule has 0 saturated carbocycles. The molecule has 1 aliphatic rings. The largest absolute Gasteiger partial charge is 0.357 e. The molecular formula is C13H20ClN3. The van der Waals surface area contributed by atoms with E-state index in [-0.39, 0.29) is 0 Å². The molecule has 4 heteroatoms. The van der Waals surface area contributed by atoms with Gasteiger partial charge in [-0.15, -0.1) is 0 Å². The van der Waals surface area contributed by atoms with Gasteiger partial charge in [-0.3, -0.25) is 0 Å². The lowest BCUT2D eigenvalue weighted by molar-refractivity contribution is 0.377. The highest BCUT2D eigenvalue weighted by Crippen LogP contribution is 2.24. The highest BCUT2D eigenvalue weighted by atomic mass is 35.5. The highest BCUT2D eigenvalue weighted by molar-refractivity contribution is 6.30. The van der Waals surface area contributed by atoms with Gasteiger partial charge in [-0.1, -0.05) is 11.6 Å². The average Bonchev–Trinajstić information content (AvgIpc) is 2.38. The van der Waals surface area contributed by atoms with E-state index in [1.165, 1.54) is 19.3 Å². The van der Waals surface area contributed by atoms with E-state index in [0.29, 0.717) is 5.02 Å². The highest BCUT2D eigenvalue weighted by Gasteiger charge is 2.19. The minimum Gasteiger partial charge on any atom is -0.357 e. The van der Waals surface area contributed by atoms with Crippen molar-refractivity contribution in [3.8, 4) is 0 Å². The summed E-state index contributed by atoms with van der Waals surface area (Å²) in [4.78, 5) is 6.72. The molecule has 0 bridgehead atoms. The Morgan fingerprint density at radius 2 is 2.18 bits per heavy atom. The van der Waals surface area contributed by atoms with Crippen LogP contribution in [0.25, 0.3) is 0 Å². The average molecular weight is 254 g/mol. The molecule has 2 rings (SSSR count). The maximum Gasteiger partial charge on any atom is 0.128 e. The monoisotopic (exact) mass is 253 g/mol. The standard InChI is InChI=1S/C13H20ClN3/c1-15-7-4-11-5-8-17(9-6-11)13-3-2-12(14)10-16-13/h2-3,10-11,15H,4-9H2,1H3. The number of nitrogens with one attached hydrogen (secondary N) is 1. The summed E-state index contributed by atoms with van der Waals surface area (Å²) in [5.74, 6) is 1.92. The van der Waals surface area contributed by atoms with Gasteiger partial charge >= 0.3 is 0 Å². The summed E-state index contributed by atoms with van der Waals surface area (Å²) in [6.07, 6.45) is 5.56. The Labute approximate surface area is 108 Å². The van der Waals surface area contributed by atoms with Gasteiger partial charge in [0.15, 0.2) is 0 Å². The molecule has 1 aliphatic heterocycles. The van der Waals surface area contributed by atoms with Crippen LogP contribution in [0.2, 0.25) is 5.02 Å². The van der Waals surface area contributed by atoms with Crippen LogP contribution in [0.1, 0.15) is 19.3 Å². The summed E-state index contributed by atoms with van der Waals surface area (Å²) in [5, 5.41) is 3.93. The minimum atomic E-state index is 0.706. The van der Waals surface area contributed by atoms with Gasteiger partial charge in [-0.05, 0) is 50.9 Å². The van der Waals surface area contributed by atoms with Gasteiger partial charge < -0.3 is 10.2 Å². The molecule has 0 spiro atoms. The molecule has 0 amide bonds. The zero-order valence-electron chi connectivity index (χ0n) is 10.3. The number of piperidine rings is 1. The van der Waals surface area contributed by atoms with Gasteiger partial charge in [0, 0.05) is 19.3 Å². The van der Waals surface area contributed by atoms with Crippen molar-refractivity contribution in [2.45, 2.75) is 19.3 Å². The quantitative estimate of drug-likeness (QED) is 0.894. The molecular weight excluding hydrogens is 234 g/mol. The van der Waals surface area contributed by atoms with Crippen LogP contribution in [-0.2, 0) is 0 Å². The van der Waals surface area contributed by atoms with Crippen LogP contribution in [0, 0.1) is 5.92 Å². The fourth-order valence-corrected chi connectivity index (χ4v) is 2.47. The van der Waals surface area contributed by atoms with Crippen LogP contribution >= 0.6 is 11.6 Å². The van der Waals surface area contributed by atoms with Crippen molar-refractivity contribution < 1.29 is 0 Å². The Morgan fingerprint density at radius 1 is 1.41 bits per heavy atom. The molecule has 1 N–H and O–H groups in total. The van der Waals surface area contributed by atoms with Crippen LogP contribution in [0.3, 0.4) is 0 Å². The summed E-state index contributed by atoms with van der Waals surface area (Å²) in [6.45, 7) is 3.36. The lowest BCUT2D eigenvalue weighted by Crippen LogP contribution is -2.34. The van der Waals surface area contributed by atoms with E-state index in [1.807, 2.05) is 19.2 Å². The fraction of sp³-hybridized carbons (Fsp3) is 0.615. The Hall–Kier alpha value is -0.800. The first-order valence-electron chi connectivity index (χ1n) is 6.30. The normalized spacial score (nSPS) is 17.4. The summed E-state index contributed by atoms with van der Waals surface area (Å²) in [7, 11) is 2.02. The molecule has 17 heavy (non-hydrogen) atoms. The Bertz CT molecular complexity index is 331. The predicted molar refractivity (Wildman–Crippen MR) is 72.7 cm³/mol. The van der Waals surface area contributed by atoms with Gasteiger partial charge in [0.05, 0.1) is 5.02 Å². The molecule has 1 aromatic rings. The number of anilines is 1. The van der Waals surface area contributed by atoms with Crippen LogP contribution in [0.4, 0.5) is 5.82 Å². The van der Waals surface area contributed by atoms with Crippen molar-refractivity contribution in [1.82, 2.24) is 10.3 Å². The first-order valence-corrected chi connectivity index (χ1v) is 6.68. The third-order valence-corrected chi connectivity index (χ3v) is 3.68. The SMILES string of the molecule is CNCCC1CCN(c2ccc(Cl)cn2)CC1. The zero-order chi connectivity index (χ0) is 12.1. The number of pyridine rings is 1. The molecule has 1 saturated heterocycles. The lowest BCUT2D eigenvalue weighted by atomic mass is 9.93. The van der Waals surface area contributed by atoms with Crippen molar-refractivity contribution in [2.75, 3.05) is 31.6 Å². The topological polar surface area (TPSA) is 28.2 Å². The second-order valence-corrected chi connectivity index (χ2v) is 5.09. The lowest BCUT2D eigenvalue weighted by Gasteiger charge is -2.32. The van der Waals surface area contributed by atoms with E-state index in [2.05, 4.69) is 15.2 Å². The number of rotatable bonds is 4. The first kappa shape index (κ1) is 12.7.